The number of nitrogens with one attached hydrogen (secondary N) is 1. The van der Waals surface area contributed by atoms with Gasteiger partial charge in [0.15, 0.2) is 0 Å². The molecule has 2 rings (SSSR count). The van der Waals surface area contributed by atoms with Crippen molar-refractivity contribution in [2.45, 2.75) is 51.1 Å². The Balaban J connectivity index is 2.03. The quantitative estimate of drug-likeness (QED) is 0.717. The minimum Gasteiger partial charge on any atom is -0.315 e. The highest BCUT2D eigenvalue weighted by Crippen LogP contribution is 2.27. The average Bonchev–Trinajstić information content (AvgIpc) is 3.01. The zero-order chi connectivity index (χ0) is 15.3. The second kappa shape index (κ2) is 8.15. The maximum Gasteiger partial charge on any atom is 0.282 e. The van der Waals surface area contributed by atoms with Gasteiger partial charge in [-0.05, 0) is 38.0 Å². The second-order valence-electron chi connectivity index (χ2n) is 6.01. The molecule has 124 valence electrons. The minimum atomic E-state index is -3.32. The molecule has 5 nitrogen and oxygen atoms in total. The molecule has 2 saturated heterocycles. The molecule has 2 heterocycles. The fourth-order valence-corrected chi connectivity index (χ4v) is 6.26. The first-order valence-corrected chi connectivity index (χ1v) is 10.7. The van der Waals surface area contributed by atoms with Crippen LogP contribution in [0.4, 0.5) is 0 Å². The number of hydrogen-bond acceptors (Lipinski definition) is 4. The van der Waals surface area contributed by atoms with Crippen molar-refractivity contribution < 1.29 is 8.42 Å². The third-order valence-corrected chi connectivity index (χ3v) is 7.70. The van der Waals surface area contributed by atoms with Crippen LogP contribution < -0.4 is 5.32 Å². The predicted molar refractivity (Wildman–Crippen MR) is 89.9 cm³/mol. The van der Waals surface area contributed by atoms with Crippen molar-refractivity contribution in [2.75, 3.05) is 38.2 Å². The molecule has 2 aliphatic rings. The lowest BCUT2D eigenvalue weighted by Crippen LogP contribution is -2.54. The Labute approximate surface area is 134 Å². The highest BCUT2D eigenvalue weighted by atomic mass is 32.2. The molecule has 0 spiro atoms. The molecule has 0 bridgehead atoms. The molecule has 0 amide bonds. The van der Waals surface area contributed by atoms with Crippen molar-refractivity contribution in [3.05, 3.63) is 0 Å². The van der Waals surface area contributed by atoms with Gasteiger partial charge in [-0.3, -0.25) is 0 Å². The van der Waals surface area contributed by atoms with Crippen LogP contribution in [0.2, 0.25) is 0 Å². The molecule has 2 atom stereocenters. The number of nitrogens with zero attached hydrogens (tertiary/aromatic N) is 2. The SMILES string of the molecule is CCCNCC1CCCCN1S(=O)(=O)N(C)C1CCSC1. The highest BCUT2D eigenvalue weighted by Gasteiger charge is 2.38. The highest BCUT2D eigenvalue weighted by molar-refractivity contribution is 7.99. The minimum absolute atomic E-state index is 0.117. The predicted octanol–water partition coefficient (Wildman–Crippen LogP) is 1.52. The fraction of sp³-hybridized carbons (Fsp3) is 1.00. The molecular formula is C14H29N3O2S2. The topological polar surface area (TPSA) is 52.7 Å². The van der Waals surface area contributed by atoms with Crippen molar-refractivity contribution >= 4 is 22.0 Å². The summed E-state index contributed by atoms with van der Waals surface area (Å²) < 4.78 is 29.2. The third kappa shape index (κ3) is 4.34. The summed E-state index contributed by atoms with van der Waals surface area (Å²) >= 11 is 1.85. The first-order valence-electron chi connectivity index (χ1n) is 8.10. The molecule has 0 aromatic rings. The van der Waals surface area contributed by atoms with Crippen molar-refractivity contribution in [1.82, 2.24) is 13.9 Å². The van der Waals surface area contributed by atoms with Crippen molar-refractivity contribution in [1.29, 1.82) is 0 Å². The molecule has 2 unspecified atom stereocenters. The largest absolute Gasteiger partial charge is 0.315 e. The summed E-state index contributed by atoms with van der Waals surface area (Å²) in [6, 6.07) is 0.290. The Morgan fingerprint density at radius 1 is 1.33 bits per heavy atom. The summed E-state index contributed by atoms with van der Waals surface area (Å²) in [5.74, 6) is 2.01. The summed E-state index contributed by atoms with van der Waals surface area (Å²) in [5, 5.41) is 3.39. The van der Waals surface area contributed by atoms with Crippen LogP contribution in [0.25, 0.3) is 0 Å². The fourth-order valence-electron chi connectivity index (χ4n) is 3.09. The maximum atomic E-state index is 12.9. The molecule has 7 heteroatoms. The van der Waals surface area contributed by atoms with E-state index < -0.39 is 10.2 Å². The Morgan fingerprint density at radius 3 is 2.81 bits per heavy atom. The zero-order valence-electron chi connectivity index (χ0n) is 13.3. The van der Waals surface area contributed by atoms with E-state index in [0.717, 1.165) is 56.7 Å². The smallest absolute Gasteiger partial charge is 0.282 e. The lowest BCUT2D eigenvalue weighted by atomic mass is 10.1. The molecule has 0 aliphatic carbocycles. The number of hydrogen-bond donors (Lipinski definition) is 1. The molecule has 0 aromatic heterocycles. The van der Waals surface area contributed by atoms with Crippen molar-refractivity contribution in [2.24, 2.45) is 0 Å². The van der Waals surface area contributed by atoms with Crippen LogP contribution in [-0.2, 0) is 10.2 Å². The summed E-state index contributed by atoms with van der Waals surface area (Å²) in [4.78, 5) is 0. The van der Waals surface area contributed by atoms with E-state index in [-0.39, 0.29) is 12.1 Å². The van der Waals surface area contributed by atoms with E-state index in [9.17, 15) is 8.42 Å². The van der Waals surface area contributed by atoms with E-state index >= 15 is 0 Å². The lowest BCUT2D eigenvalue weighted by Gasteiger charge is -2.38. The van der Waals surface area contributed by atoms with Crippen LogP contribution in [0.3, 0.4) is 0 Å². The standard InChI is InChI=1S/C14H29N3O2S2/c1-3-8-15-11-13-6-4-5-9-17(13)21(18,19)16(2)14-7-10-20-12-14/h13-15H,3-12H2,1-2H3. The van der Waals surface area contributed by atoms with Gasteiger partial charge in [0.1, 0.15) is 0 Å². The van der Waals surface area contributed by atoms with Crippen LogP contribution in [-0.4, -0.2) is 67.3 Å². The molecule has 0 radical (unpaired) electrons. The monoisotopic (exact) mass is 335 g/mol. The first-order chi connectivity index (χ1) is 10.1. The molecule has 21 heavy (non-hydrogen) atoms. The maximum absolute atomic E-state index is 12.9. The summed E-state index contributed by atoms with van der Waals surface area (Å²) in [6.07, 6.45) is 5.15. The van der Waals surface area contributed by atoms with Gasteiger partial charge in [0, 0.05) is 38.0 Å². The van der Waals surface area contributed by atoms with Gasteiger partial charge in [-0.2, -0.15) is 28.8 Å². The van der Waals surface area contributed by atoms with Gasteiger partial charge < -0.3 is 5.32 Å². The van der Waals surface area contributed by atoms with Gasteiger partial charge in [-0.1, -0.05) is 13.3 Å². The summed E-state index contributed by atoms with van der Waals surface area (Å²) in [5.41, 5.74) is 0. The zero-order valence-corrected chi connectivity index (χ0v) is 14.9. The number of piperidine rings is 1. The van der Waals surface area contributed by atoms with E-state index in [4.69, 9.17) is 0 Å². The lowest BCUT2D eigenvalue weighted by molar-refractivity contribution is 0.224. The van der Waals surface area contributed by atoms with Crippen LogP contribution in [0.15, 0.2) is 0 Å². The van der Waals surface area contributed by atoms with Gasteiger partial charge in [0.2, 0.25) is 0 Å². The van der Waals surface area contributed by atoms with Gasteiger partial charge >= 0.3 is 0 Å². The molecule has 0 aromatic carbocycles. The summed E-state index contributed by atoms with van der Waals surface area (Å²) in [6.45, 7) is 4.54. The van der Waals surface area contributed by atoms with Crippen LogP contribution in [0.1, 0.15) is 39.0 Å². The van der Waals surface area contributed by atoms with Gasteiger partial charge in [0.25, 0.3) is 10.2 Å². The van der Waals surface area contributed by atoms with Crippen LogP contribution in [0, 0.1) is 0 Å². The van der Waals surface area contributed by atoms with Gasteiger partial charge in [-0.25, -0.2) is 0 Å². The van der Waals surface area contributed by atoms with Gasteiger partial charge in [-0.15, -0.1) is 0 Å². The number of rotatable bonds is 7. The van der Waals surface area contributed by atoms with E-state index in [1.807, 2.05) is 11.8 Å². The van der Waals surface area contributed by atoms with Crippen LogP contribution in [0.5, 0.6) is 0 Å². The number of thioether (sulfide) groups is 1. The van der Waals surface area contributed by atoms with Crippen molar-refractivity contribution in [3.8, 4) is 0 Å². The third-order valence-electron chi connectivity index (χ3n) is 4.46. The Bertz CT molecular complexity index is 410. The Hall–Kier alpha value is 0.180. The summed E-state index contributed by atoms with van der Waals surface area (Å²) in [7, 11) is -1.56. The Kier molecular flexibility index (Phi) is 6.80. The van der Waals surface area contributed by atoms with E-state index in [1.54, 1.807) is 15.7 Å². The molecular weight excluding hydrogens is 306 g/mol. The van der Waals surface area contributed by atoms with E-state index in [2.05, 4.69) is 12.2 Å². The normalized spacial score (nSPS) is 28.3. The van der Waals surface area contributed by atoms with Crippen molar-refractivity contribution in [3.63, 3.8) is 0 Å². The van der Waals surface area contributed by atoms with Gasteiger partial charge in [0.05, 0.1) is 0 Å². The Morgan fingerprint density at radius 2 is 2.14 bits per heavy atom. The molecule has 2 aliphatic heterocycles. The van der Waals surface area contributed by atoms with E-state index in [1.165, 1.54) is 0 Å². The first kappa shape index (κ1) is 17.5. The van der Waals surface area contributed by atoms with E-state index in [0.29, 0.717) is 6.54 Å². The molecule has 1 N–H and O–H groups in total. The average molecular weight is 336 g/mol. The second-order valence-corrected chi connectivity index (χ2v) is 9.10. The van der Waals surface area contributed by atoms with Crippen LogP contribution >= 0.6 is 11.8 Å². The molecule has 2 fully saturated rings. The molecule has 0 saturated carbocycles.